The van der Waals surface area contributed by atoms with Crippen molar-refractivity contribution in [3.63, 3.8) is 0 Å². The minimum Gasteiger partial charge on any atom is -0.396 e. The van der Waals surface area contributed by atoms with Gasteiger partial charge in [0, 0.05) is 42.5 Å². The van der Waals surface area contributed by atoms with Crippen LogP contribution in [0.1, 0.15) is 30.0 Å². The zero-order valence-corrected chi connectivity index (χ0v) is 13.3. The Morgan fingerprint density at radius 3 is 3.04 bits per heavy atom. The highest BCUT2D eigenvalue weighted by atomic mass is 32.1. The molecule has 1 saturated carbocycles. The highest BCUT2D eigenvalue weighted by molar-refractivity contribution is 7.13. The summed E-state index contributed by atoms with van der Waals surface area (Å²) in [5.41, 5.74) is 2.05. The highest BCUT2D eigenvalue weighted by Gasteiger charge is 2.25. The fraction of sp³-hybridized carbons (Fsp3) is 0.312. The number of aromatic amines is 1. The second-order valence-corrected chi connectivity index (χ2v) is 6.57. The molecule has 1 aliphatic carbocycles. The molecule has 1 aliphatic rings. The van der Waals surface area contributed by atoms with Gasteiger partial charge in [0.25, 0.3) is 0 Å². The molecule has 4 rings (SSSR count). The lowest BCUT2D eigenvalue weighted by atomic mass is 10.2. The predicted octanol–water partition coefficient (Wildman–Crippen LogP) is 3.08. The number of hydrogen-bond acceptors (Lipinski definition) is 6. The lowest BCUT2D eigenvalue weighted by Gasteiger charge is -2.09. The summed E-state index contributed by atoms with van der Waals surface area (Å²) in [6.45, 7) is 0.0598. The second-order valence-electron chi connectivity index (χ2n) is 5.63. The van der Waals surface area contributed by atoms with Crippen molar-refractivity contribution in [2.24, 2.45) is 0 Å². The average molecular weight is 327 g/mol. The zero-order valence-electron chi connectivity index (χ0n) is 12.5. The van der Waals surface area contributed by atoms with Gasteiger partial charge in [-0.05, 0) is 24.3 Å². The van der Waals surface area contributed by atoms with E-state index >= 15 is 0 Å². The summed E-state index contributed by atoms with van der Waals surface area (Å²) in [6.07, 6.45) is 4.74. The van der Waals surface area contributed by atoms with Crippen molar-refractivity contribution in [3.8, 4) is 10.7 Å². The Labute approximate surface area is 137 Å². The van der Waals surface area contributed by atoms with Crippen molar-refractivity contribution >= 4 is 23.0 Å². The molecule has 0 unspecified atom stereocenters. The molecular formula is C16H17N5OS. The molecule has 3 aromatic rings. The van der Waals surface area contributed by atoms with Crippen LogP contribution in [0.2, 0.25) is 0 Å². The number of anilines is 2. The molecule has 0 aromatic carbocycles. The third-order valence-corrected chi connectivity index (χ3v) is 4.71. The van der Waals surface area contributed by atoms with E-state index in [2.05, 4.69) is 25.5 Å². The first kappa shape index (κ1) is 14.3. The number of H-pyrrole nitrogens is 1. The Morgan fingerprint density at radius 2 is 2.30 bits per heavy atom. The van der Waals surface area contributed by atoms with E-state index in [0.717, 1.165) is 16.3 Å². The molecule has 118 valence electrons. The molecule has 3 heterocycles. The van der Waals surface area contributed by atoms with Gasteiger partial charge in [-0.25, -0.2) is 9.97 Å². The molecule has 0 bridgehead atoms. The summed E-state index contributed by atoms with van der Waals surface area (Å²) < 4.78 is 0. The second kappa shape index (κ2) is 6.10. The lowest BCUT2D eigenvalue weighted by Crippen LogP contribution is -2.04. The van der Waals surface area contributed by atoms with Crippen molar-refractivity contribution in [2.45, 2.75) is 25.2 Å². The molecule has 7 heteroatoms. The number of nitrogens with one attached hydrogen (secondary N) is 2. The quantitative estimate of drug-likeness (QED) is 0.647. The van der Waals surface area contributed by atoms with Crippen molar-refractivity contribution in [1.82, 2.24) is 20.2 Å². The fourth-order valence-electron chi connectivity index (χ4n) is 2.47. The summed E-state index contributed by atoms with van der Waals surface area (Å²) in [5.74, 6) is 2.76. The van der Waals surface area contributed by atoms with Crippen LogP contribution in [0.4, 0.5) is 11.6 Å². The molecule has 6 nitrogen and oxygen atoms in total. The van der Waals surface area contributed by atoms with Crippen LogP contribution in [0.25, 0.3) is 10.7 Å². The molecule has 1 fully saturated rings. The number of hydrogen-bond donors (Lipinski definition) is 3. The standard InChI is InChI=1S/C16H17N5OS/c22-6-5-11-9-17-16(13-2-1-7-23-13)19-15(11)18-14-8-12(20-21-14)10-3-4-10/h1-2,7-10,22H,3-6H2,(H2,17,18,19,20,21). The molecule has 0 spiro atoms. The predicted molar refractivity (Wildman–Crippen MR) is 90.0 cm³/mol. The smallest absolute Gasteiger partial charge is 0.171 e. The number of aliphatic hydroxyl groups excluding tert-OH is 1. The maximum Gasteiger partial charge on any atom is 0.171 e. The van der Waals surface area contributed by atoms with Crippen molar-refractivity contribution in [2.75, 3.05) is 11.9 Å². The maximum atomic E-state index is 9.25. The number of aliphatic hydroxyl groups is 1. The molecule has 3 N–H and O–H groups in total. The topological polar surface area (TPSA) is 86.7 Å². The van der Waals surface area contributed by atoms with Crippen LogP contribution >= 0.6 is 11.3 Å². The van der Waals surface area contributed by atoms with Crippen LogP contribution in [0.5, 0.6) is 0 Å². The molecule has 0 aliphatic heterocycles. The van der Waals surface area contributed by atoms with E-state index < -0.39 is 0 Å². The van der Waals surface area contributed by atoms with Gasteiger partial charge in [0.15, 0.2) is 11.6 Å². The minimum atomic E-state index is 0.0598. The highest BCUT2D eigenvalue weighted by Crippen LogP contribution is 2.39. The van der Waals surface area contributed by atoms with Crippen LogP contribution in [-0.4, -0.2) is 31.9 Å². The summed E-state index contributed by atoms with van der Waals surface area (Å²) >= 11 is 1.60. The van der Waals surface area contributed by atoms with Gasteiger partial charge < -0.3 is 10.4 Å². The van der Waals surface area contributed by atoms with E-state index in [-0.39, 0.29) is 6.61 Å². The maximum absolute atomic E-state index is 9.25. The summed E-state index contributed by atoms with van der Waals surface area (Å²) in [7, 11) is 0. The van der Waals surface area contributed by atoms with Gasteiger partial charge in [-0.2, -0.15) is 5.10 Å². The summed E-state index contributed by atoms with van der Waals surface area (Å²) in [5, 5.41) is 21.9. The summed E-state index contributed by atoms with van der Waals surface area (Å²) in [4.78, 5) is 10.0. The van der Waals surface area contributed by atoms with Gasteiger partial charge in [-0.15, -0.1) is 11.3 Å². The van der Waals surface area contributed by atoms with E-state index in [9.17, 15) is 5.11 Å². The molecule has 0 amide bonds. The van der Waals surface area contributed by atoms with Crippen LogP contribution in [-0.2, 0) is 6.42 Å². The van der Waals surface area contributed by atoms with Gasteiger partial charge >= 0.3 is 0 Å². The van der Waals surface area contributed by atoms with E-state index in [0.29, 0.717) is 24.0 Å². The Balaban J connectivity index is 1.64. The van der Waals surface area contributed by atoms with Gasteiger partial charge in [-0.1, -0.05) is 6.07 Å². The largest absolute Gasteiger partial charge is 0.396 e. The van der Waals surface area contributed by atoms with Gasteiger partial charge in [0.05, 0.1) is 4.88 Å². The van der Waals surface area contributed by atoms with Crippen LogP contribution in [0, 0.1) is 0 Å². The Bertz CT molecular complexity index is 795. The van der Waals surface area contributed by atoms with E-state index in [1.54, 1.807) is 17.5 Å². The third kappa shape index (κ3) is 3.11. The number of aromatic nitrogens is 4. The fourth-order valence-corrected chi connectivity index (χ4v) is 3.13. The lowest BCUT2D eigenvalue weighted by molar-refractivity contribution is 0.299. The van der Waals surface area contributed by atoms with Gasteiger partial charge in [0.1, 0.15) is 5.82 Å². The van der Waals surface area contributed by atoms with Crippen molar-refractivity contribution in [1.29, 1.82) is 0 Å². The molecule has 3 aromatic heterocycles. The molecule has 0 radical (unpaired) electrons. The summed E-state index contributed by atoms with van der Waals surface area (Å²) in [6, 6.07) is 6.01. The number of thiophene rings is 1. The van der Waals surface area contributed by atoms with E-state index in [1.807, 2.05) is 23.6 Å². The van der Waals surface area contributed by atoms with E-state index in [1.165, 1.54) is 18.5 Å². The molecule has 0 saturated heterocycles. The zero-order chi connectivity index (χ0) is 15.6. The van der Waals surface area contributed by atoms with Gasteiger partial charge in [-0.3, -0.25) is 5.10 Å². The minimum absolute atomic E-state index is 0.0598. The first-order chi connectivity index (χ1) is 11.3. The third-order valence-electron chi connectivity index (χ3n) is 3.85. The molecular weight excluding hydrogens is 310 g/mol. The average Bonchev–Trinajstić information content (AvgIpc) is 3.08. The first-order valence-electron chi connectivity index (χ1n) is 7.66. The van der Waals surface area contributed by atoms with Crippen LogP contribution < -0.4 is 5.32 Å². The molecule has 0 atom stereocenters. The Kier molecular flexibility index (Phi) is 3.80. The van der Waals surface area contributed by atoms with Crippen LogP contribution in [0.15, 0.2) is 29.8 Å². The van der Waals surface area contributed by atoms with Gasteiger partial charge in [0.2, 0.25) is 0 Å². The monoisotopic (exact) mass is 327 g/mol. The van der Waals surface area contributed by atoms with E-state index in [4.69, 9.17) is 0 Å². The normalized spacial score (nSPS) is 14.1. The Morgan fingerprint density at radius 1 is 1.39 bits per heavy atom. The first-order valence-corrected chi connectivity index (χ1v) is 8.54. The van der Waals surface area contributed by atoms with Crippen molar-refractivity contribution < 1.29 is 5.11 Å². The van der Waals surface area contributed by atoms with Crippen molar-refractivity contribution in [3.05, 3.63) is 41.0 Å². The number of nitrogens with zero attached hydrogens (tertiary/aromatic N) is 3. The SMILES string of the molecule is OCCc1cnc(-c2cccs2)nc1Nc1cc(C2CC2)[nH]n1. The number of rotatable bonds is 6. The van der Waals surface area contributed by atoms with Crippen LogP contribution in [0.3, 0.4) is 0 Å². The Hall–Kier alpha value is -2.25. The molecule has 23 heavy (non-hydrogen) atoms.